The van der Waals surface area contributed by atoms with E-state index in [4.69, 9.17) is 5.84 Å². The van der Waals surface area contributed by atoms with Crippen molar-refractivity contribution in [2.24, 2.45) is 5.84 Å². The molecule has 0 bridgehead atoms. The predicted molar refractivity (Wildman–Crippen MR) is 86.8 cm³/mol. The van der Waals surface area contributed by atoms with Crippen molar-refractivity contribution in [2.75, 3.05) is 0 Å². The first kappa shape index (κ1) is 13.3. The molecule has 0 aliphatic rings. The molecule has 0 fully saturated rings. The zero-order valence-electron chi connectivity index (χ0n) is 11.5. The van der Waals surface area contributed by atoms with Crippen LogP contribution in [0.1, 0.15) is 22.7 Å². The summed E-state index contributed by atoms with van der Waals surface area (Å²) in [7, 11) is 0. The van der Waals surface area contributed by atoms with Crippen LogP contribution in [0.2, 0.25) is 0 Å². The number of hydrogen-bond acceptors (Lipinski definition) is 3. The summed E-state index contributed by atoms with van der Waals surface area (Å²) in [5, 5.41) is 3.42. The Morgan fingerprint density at radius 2 is 1.90 bits per heavy atom. The van der Waals surface area contributed by atoms with Gasteiger partial charge in [0.05, 0.1) is 6.04 Å². The van der Waals surface area contributed by atoms with E-state index >= 15 is 0 Å². The molecular formula is C17H18N2S. The van der Waals surface area contributed by atoms with Gasteiger partial charge in [0.15, 0.2) is 0 Å². The van der Waals surface area contributed by atoms with Crippen LogP contribution in [-0.4, -0.2) is 0 Å². The molecule has 3 aromatic rings. The van der Waals surface area contributed by atoms with Gasteiger partial charge in [-0.05, 0) is 41.3 Å². The molecule has 2 nitrogen and oxygen atoms in total. The molecule has 1 aromatic heterocycles. The first-order valence-corrected chi connectivity index (χ1v) is 7.63. The second-order valence-electron chi connectivity index (χ2n) is 5.10. The molecule has 20 heavy (non-hydrogen) atoms. The fraction of sp³-hybridized carbons (Fsp3) is 0.176. The van der Waals surface area contributed by atoms with Crippen molar-refractivity contribution in [1.29, 1.82) is 0 Å². The lowest BCUT2D eigenvalue weighted by Gasteiger charge is -2.17. The van der Waals surface area contributed by atoms with Gasteiger partial charge in [0.1, 0.15) is 0 Å². The molecule has 0 saturated carbocycles. The minimum absolute atomic E-state index is 0.139. The van der Waals surface area contributed by atoms with E-state index in [2.05, 4.69) is 66.3 Å². The number of thiophene rings is 1. The number of aryl methyl sites for hydroxylation is 1. The van der Waals surface area contributed by atoms with E-state index in [1.165, 1.54) is 26.8 Å². The normalized spacial score (nSPS) is 12.7. The van der Waals surface area contributed by atoms with Gasteiger partial charge in [0.25, 0.3) is 0 Å². The van der Waals surface area contributed by atoms with Crippen molar-refractivity contribution in [3.05, 3.63) is 70.6 Å². The summed E-state index contributed by atoms with van der Waals surface area (Å²) in [6.45, 7) is 2.11. The molecule has 0 amide bonds. The maximum atomic E-state index is 5.80. The number of nitrogens with one attached hydrogen (secondary N) is 1. The quantitative estimate of drug-likeness (QED) is 0.561. The first-order chi connectivity index (χ1) is 9.78. The van der Waals surface area contributed by atoms with Gasteiger partial charge in [0.2, 0.25) is 0 Å². The molecule has 1 unspecified atom stereocenters. The topological polar surface area (TPSA) is 38.0 Å². The Bertz CT molecular complexity index is 700. The summed E-state index contributed by atoms with van der Waals surface area (Å²) in [6, 6.07) is 17.4. The summed E-state index contributed by atoms with van der Waals surface area (Å²) in [4.78, 5) is 0. The Morgan fingerprint density at radius 3 is 2.65 bits per heavy atom. The molecule has 1 atom stereocenters. The molecule has 3 N–H and O–H groups in total. The Labute approximate surface area is 123 Å². The predicted octanol–water partition coefficient (Wildman–Crippen LogP) is 3.96. The molecule has 0 spiro atoms. The van der Waals surface area contributed by atoms with E-state index in [9.17, 15) is 0 Å². The first-order valence-electron chi connectivity index (χ1n) is 6.76. The lowest BCUT2D eigenvalue weighted by molar-refractivity contribution is 0.556. The average molecular weight is 282 g/mol. The highest BCUT2D eigenvalue weighted by atomic mass is 32.1. The molecular weight excluding hydrogens is 264 g/mol. The van der Waals surface area contributed by atoms with Gasteiger partial charge in [-0.15, -0.1) is 11.3 Å². The van der Waals surface area contributed by atoms with Crippen LogP contribution in [0.4, 0.5) is 0 Å². The van der Waals surface area contributed by atoms with Crippen molar-refractivity contribution in [2.45, 2.75) is 19.4 Å². The smallest absolute Gasteiger partial charge is 0.0514 e. The standard InChI is InChI=1S/C17H18N2S/c1-12-5-7-13(8-6-12)11-16(19-18)15-4-2-3-14-9-10-20-17(14)15/h2-10,16,19H,11,18H2,1H3. The molecule has 102 valence electrons. The molecule has 3 rings (SSSR count). The van der Waals surface area contributed by atoms with Crippen LogP contribution >= 0.6 is 11.3 Å². The zero-order valence-corrected chi connectivity index (χ0v) is 12.3. The summed E-state index contributed by atoms with van der Waals surface area (Å²) in [5.41, 5.74) is 6.83. The monoisotopic (exact) mass is 282 g/mol. The van der Waals surface area contributed by atoms with Crippen LogP contribution in [0.3, 0.4) is 0 Å². The number of hydrazine groups is 1. The average Bonchev–Trinajstić information content (AvgIpc) is 2.95. The van der Waals surface area contributed by atoms with Gasteiger partial charge in [-0.3, -0.25) is 11.3 Å². The SMILES string of the molecule is Cc1ccc(CC(NN)c2cccc3ccsc23)cc1. The number of fused-ring (bicyclic) bond motifs is 1. The molecule has 0 radical (unpaired) electrons. The van der Waals surface area contributed by atoms with Crippen LogP contribution in [0, 0.1) is 6.92 Å². The summed E-state index contributed by atoms with van der Waals surface area (Å²) in [6.07, 6.45) is 0.897. The third-order valence-electron chi connectivity index (χ3n) is 3.65. The fourth-order valence-corrected chi connectivity index (χ4v) is 3.48. The largest absolute Gasteiger partial charge is 0.271 e. The van der Waals surface area contributed by atoms with E-state index in [0.717, 1.165) is 6.42 Å². The van der Waals surface area contributed by atoms with E-state index < -0.39 is 0 Å². The Kier molecular flexibility index (Phi) is 3.83. The second kappa shape index (κ2) is 5.75. The van der Waals surface area contributed by atoms with Gasteiger partial charge >= 0.3 is 0 Å². The molecule has 3 heteroatoms. The van der Waals surface area contributed by atoms with Crippen molar-refractivity contribution in [3.63, 3.8) is 0 Å². The molecule has 0 aliphatic heterocycles. The van der Waals surface area contributed by atoms with Gasteiger partial charge in [-0.1, -0.05) is 48.0 Å². The van der Waals surface area contributed by atoms with Crippen molar-refractivity contribution < 1.29 is 0 Å². The lowest BCUT2D eigenvalue weighted by atomic mass is 9.98. The minimum Gasteiger partial charge on any atom is -0.271 e. The van der Waals surface area contributed by atoms with E-state index in [1.54, 1.807) is 11.3 Å². The number of hydrogen-bond donors (Lipinski definition) is 2. The zero-order chi connectivity index (χ0) is 13.9. The summed E-state index contributed by atoms with van der Waals surface area (Å²) < 4.78 is 1.32. The highest BCUT2D eigenvalue weighted by molar-refractivity contribution is 7.17. The highest BCUT2D eigenvalue weighted by Gasteiger charge is 2.14. The van der Waals surface area contributed by atoms with Crippen LogP contribution < -0.4 is 11.3 Å². The number of nitrogens with two attached hydrogens (primary N) is 1. The third kappa shape index (κ3) is 2.61. The summed E-state index contributed by atoms with van der Waals surface area (Å²) >= 11 is 1.78. The Balaban J connectivity index is 1.93. The van der Waals surface area contributed by atoms with Crippen molar-refractivity contribution >= 4 is 21.4 Å². The second-order valence-corrected chi connectivity index (χ2v) is 6.01. The lowest BCUT2D eigenvalue weighted by Crippen LogP contribution is -2.29. The minimum atomic E-state index is 0.139. The van der Waals surface area contributed by atoms with Gasteiger partial charge in [-0.25, -0.2) is 0 Å². The van der Waals surface area contributed by atoms with Crippen LogP contribution in [0.15, 0.2) is 53.9 Å². The van der Waals surface area contributed by atoms with Crippen molar-refractivity contribution in [1.82, 2.24) is 5.43 Å². The van der Waals surface area contributed by atoms with Gasteiger partial charge < -0.3 is 0 Å². The van der Waals surface area contributed by atoms with Crippen LogP contribution in [0.5, 0.6) is 0 Å². The van der Waals surface area contributed by atoms with Crippen LogP contribution in [0.25, 0.3) is 10.1 Å². The maximum Gasteiger partial charge on any atom is 0.0514 e. The number of benzene rings is 2. The third-order valence-corrected chi connectivity index (χ3v) is 4.63. The molecule has 0 saturated heterocycles. The van der Waals surface area contributed by atoms with Gasteiger partial charge in [-0.2, -0.15) is 0 Å². The van der Waals surface area contributed by atoms with E-state index in [0.29, 0.717) is 0 Å². The van der Waals surface area contributed by atoms with Crippen molar-refractivity contribution in [3.8, 4) is 0 Å². The van der Waals surface area contributed by atoms with Gasteiger partial charge in [0, 0.05) is 4.70 Å². The molecule has 1 heterocycles. The molecule has 2 aromatic carbocycles. The Hall–Kier alpha value is -1.68. The summed E-state index contributed by atoms with van der Waals surface area (Å²) in [5.74, 6) is 5.80. The highest BCUT2D eigenvalue weighted by Crippen LogP contribution is 2.30. The van der Waals surface area contributed by atoms with E-state index in [1.807, 2.05) is 0 Å². The van der Waals surface area contributed by atoms with E-state index in [-0.39, 0.29) is 6.04 Å². The maximum absolute atomic E-state index is 5.80. The number of rotatable bonds is 4. The Morgan fingerprint density at radius 1 is 1.10 bits per heavy atom. The molecule has 0 aliphatic carbocycles. The van der Waals surface area contributed by atoms with Crippen LogP contribution in [-0.2, 0) is 6.42 Å². The fourth-order valence-electron chi connectivity index (χ4n) is 2.51.